The molecule has 0 spiro atoms. The molecule has 0 unspecified atom stereocenters. The van der Waals surface area contributed by atoms with Gasteiger partial charge in [-0.15, -0.1) is 23.2 Å². The van der Waals surface area contributed by atoms with E-state index in [1.807, 2.05) is 0 Å². The molecule has 0 aliphatic rings. The minimum atomic E-state index is -0.287. The Labute approximate surface area is 60.7 Å². The Morgan fingerprint density at radius 1 is 1.50 bits per heavy atom. The Morgan fingerprint density at radius 3 is 2.50 bits per heavy atom. The molecule has 2 radical (unpaired) electrons. The van der Waals surface area contributed by atoms with Crippen LogP contribution in [0, 0.1) is 0 Å². The van der Waals surface area contributed by atoms with Crippen LogP contribution in [-0.2, 0) is 4.65 Å². The lowest BCUT2D eigenvalue weighted by Crippen LogP contribution is -1.93. The third-order valence-electron chi connectivity index (χ3n) is 0.685. The summed E-state index contributed by atoms with van der Waals surface area (Å²) in [5, 5.41) is 0. The van der Waals surface area contributed by atoms with Crippen molar-refractivity contribution in [3.8, 4) is 0 Å². The number of alkyl halides is 2. The van der Waals surface area contributed by atoms with E-state index >= 15 is 0 Å². The van der Waals surface area contributed by atoms with Crippen LogP contribution in [0.4, 0.5) is 0 Å². The van der Waals surface area contributed by atoms with Crippen LogP contribution >= 0.6 is 23.2 Å². The van der Waals surface area contributed by atoms with Crippen LogP contribution in [0.3, 0.4) is 0 Å². The fourth-order valence-electron chi connectivity index (χ4n) is 0.321. The fraction of sp³-hybridized carbons (Fsp3) is 1.00. The van der Waals surface area contributed by atoms with Crippen LogP contribution in [-0.4, -0.2) is 19.5 Å². The molecule has 46 valence electrons. The van der Waals surface area contributed by atoms with Gasteiger partial charge in [-0.1, -0.05) is 0 Å². The zero-order valence-electron chi connectivity index (χ0n) is 4.44. The van der Waals surface area contributed by atoms with Gasteiger partial charge in [0.1, 0.15) is 4.84 Å². The van der Waals surface area contributed by atoms with E-state index in [4.69, 9.17) is 31.3 Å². The molecule has 0 saturated carbocycles. The molecular weight excluding hydrogens is 146 g/mol. The predicted octanol–water partition coefficient (Wildman–Crippen LogP) is 1.67. The van der Waals surface area contributed by atoms with Gasteiger partial charge in [0.15, 0.2) is 0 Å². The quantitative estimate of drug-likeness (QED) is 0.339. The molecule has 4 heteroatoms. The summed E-state index contributed by atoms with van der Waals surface area (Å²) >= 11 is 10.8. The second-order valence-corrected chi connectivity index (χ2v) is 2.68. The molecule has 1 nitrogen and oxygen atoms in total. The molecule has 0 aliphatic carbocycles. The maximum absolute atomic E-state index is 5.38. The minimum Gasteiger partial charge on any atom is -0.448 e. The first kappa shape index (κ1) is 8.60. The van der Waals surface area contributed by atoms with Gasteiger partial charge in [0.2, 0.25) is 0 Å². The average Bonchev–Trinajstić information content (AvgIpc) is 1.66. The molecule has 0 aromatic heterocycles. The summed E-state index contributed by atoms with van der Waals surface area (Å²) in [6, 6.07) is 0. The summed E-state index contributed by atoms with van der Waals surface area (Å²) < 4.78 is 4.27. The van der Waals surface area contributed by atoms with E-state index < -0.39 is 0 Å². The first-order chi connectivity index (χ1) is 3.77. The van der Waals surface area contributed by atoms with Crippen LogP contribution in [0.5, 0.6) is 0 Å². The van der Waals surface area contributed by atoms with Crippen LogP contribution in [0.2, 0.25) is 0 Å². The highest BCUT2D eigenvalue weighted by Crippen LogP contribution is 2.08. The first-order valence-corrected chi connectivity index (χ1v) is 3.24. The van der Waals surface area contributed by atoms with Crippen LogP contribution in [0.25, 0.3) is 0 Å². The van der Waals surface area contributed by atoms with Gasteiger partial charge in [-0.3, -0.25) is 0 Å². The van der Waals surface area contributed by atoms with Gasteiger partial charge in [0.25, 0.3) is 8.05 Å². The van der Waals surface area contributed by atoms with Crippen molar-refractivity contribution in [2.75, 3.05) is 6.61 Å². The zero-order chi connectivity index (χ0) is 6.41. The Kier molecular flexibility index (Phi) is 6.17. The third-order valence-corrected chi connectivity index (χ3v) is 1.12. The van der Waals surface area contributed by atoms with Gasteiger partial charge in [-0.05, 0) is 12.8 Å². The van der Waals surface area contributed by atoms with E-state index in [2.05, 4.69) is 4.65 Å². The normalized spacial score (nSPS) is 10.4. The van der Waals surface area contributed by atoms with Gasteiger partial charge in [0, 0.05) is 6.61 Å². The molecule has 0 bridgehead atoms. The topological polar surface area (TPSA) is 9.23 Å². The van der Waals surface area contributed by atoms with Crippen molar-refractivity contribution in [3.63, 3.8) is 0 Å². The lowest BCUT2D eigenvalue weighted by molar-refractivity contribution is 0.338. The van der Waals surface area contributed by atoms with Crippen molar-refractivity contribution >= 4 is 31.3 Å². The maximum Gasteiger partial charge on any atom is 0.282 e. The van der Waals surface area contributed by atoms with Crippen molar-refractivity contribution < 1.29 is 4.65 Å². The average molecular weight is 153 g/mol. The van der Waals surface area contributed by atoms with Crippen LogP contribution < -0.4 is 0 Å². The Morgan fingerprint density at radius 2 is 2.12 bits per heavy atom. The molecule has 0 aromatic carbocycles. The highest BCUT2D eigenvalue weighted by atomic mass is 35.5. The maximum atomic E-state index is 5.38. The van der Waals surface area contributed by atoms with Gasteiger partial charge in [0.05, 0.1) is 0 Å². The van der Waals surface area contributed by atoms with Crippen molar-refractivity contribution in [3.05, 3.63) is 0 Å². The van der Waals surface area contributed by atoms with Crippen molar-refractivity contribution in [1.29, 1.82) is 0 Å². The summed E-state index contributed by atoms with van der Waals surface area (Å²) in [5.74, 6) is 0. The molecule has 8 heavy (non-hydrogen) atoms. The molecule has 0 N–H and O–H groups in total. The highest BCUT2D eigenvalue weighted by Gasteiger charge is 1.95. The van der Waals surface area contributed by atoms with E-state index in [0.29, 0.717) is 6.61 Å². The molecule has 0 saturated heterocycles. The summed E-state index contributed by atoms with van der Waals surface area (Å²) in [6.45, 7) is 0.524. The smallest absolute Gasteiger partial charge is 0.282 e. The van der Waals surface area contributed by atoms with E-state index in [1.54, 1.807) is 0 Å². The number of hydrogen-bond donors (Lipinski definition) is 0. The molecule has 0 aromatic rings. The lowest BCUT2D eigenvalue weighted by atomic mass is 10.3. The Hall–Kier alpha value is 0.605. The van der Waals surface area contributed by atoms with Gasteiger partial charge in [-0.2, -0.15) is 0 Å². The monoisotopic (exact) mass is 152 g/mol. The Bertz CT molecular complexity index is 51.3. The minimum absolute atomic E-state index is 0.287. The van der Waals surface area contributed by atoms with Crippen molar-refractivity contribution in [2.24, 2.45) is 0 Å². The van der Waals surface area contributed by atoms with Gasteiger partial charge in [-0.25, -0.2) is 0 Å². The van der Waals surface area contributed by atoms with Crippen molar-refractivity contribution in [1.82, 2.24) is 0 Å². The second kappa shape index (κ2) is 5.74. The zero-order valence-corrected chi connectivity index (χ0v) is 5.95. The van der Waals surface area contributed by atoms with E-state index in [0.717, 1.165) is 12.8 Å². The number of hydrogen-bond acceptors (Lipinski definition) is 1. The molecule has 0 fully saturated rings. The second-order valence-electron chi connectivity index (χ2n) is 1.40. The van der Waals surface area contributed by atoms with Gasteiger partial charge < -0.3 is 4.65 Å². The summed E-state index contributed by atoms with van der Waals surface area (Å²) in [6.07, 6.45) is 1.55. The van der Waals surface area contributed by atoms with Gasteiger partial charge >= 0.3 is 0 Å². The van der Waals surface area contributed by atoms with E-state index in [9.17, 15) is 0 Å². The summed E-state index contributed by atoms with van der Waals surface area (Å²) in [5.41, 5.74) is 0. The standard InChI is InChI=1S/C4H7BCl2O/c5-8-3-1-2-4(6)7/h4H,1-3H2. The van der Waals surface area contributed by atoms with Crippen LogP contribution in [0.1, 0.15) is 12.8 Å². The van der Waals surface area contributed by atoms with E-state index in [-0.39, 0.29) is 4.84 Å². The first-order valence-electron chi connectivity index (χ1n) is 2.37. The van der Waals surface area contributed by atoms with E-state index in [1.165, 1.54) is 0 Å². The largest absolute Gasteiger partial charge is 0.448 e. The lowest BCUT2D eigenvalue weighted by Gasteiger charge is -1.98. The van der Waals surface area contributed by atoms with Crippen LogP contribution in [0.15, 0.2) is 0 Å². The third kappa shape index (κ3) is 6.60. The number of halogens is 2. The SMILES string of the molecule is [B]OCCCC(Cl)Cl. The molecule has 0 amide bonds. The molecular formula is C4H7BCl2O. The fourth-order valence-corrected chi connectivity index (χ4v) is 0.630. The predicted molar refractivity (Wildman–Crippen MR) is 36.4 cm³/mol. The van der Waals surface area contributed by atoms with Crippen molar-refractivity contribution in [2.45, 2.75) is 17.7 Å². The molecule has 0 atom stereocenters. The summed E-state index contributed by atoms with van der Waals surface area (Å²) in [4.78, 5) is -0.287. The Balaban J connectivity index is 2.72. The number of rotatable bonds is 4. The molecule has 0 heterocycles. The molecule has 0 aliphatic heterocycles. The highest BCUT2D eigenvalue weighted by molar-refractivity contribution is 6.44. The molecule has 0 rings (SSSR count). The summed E-state index contributed by atoms with van der Waals surface area (Å²) in [7, 11) is 4.73.